The van der Waals surface area contributed by atoms with E-state index in [0.29, 0.717) is 45.8 Å². The SMILES string of the molecule is O=C(c1cc(S(=O)(=O)N2CCCC2)ccc1Cl)N1CCN(Cc2cccc([N+](=O)[O-])c2)CC1. The van der Waals surface area contributed by atoms with Crippen molar-refractivity contribution in [2.45, 2.75) is 24.3 Å². The Kier molecular flexibility index (Phi) is 6.99. The summed E-state index contributed by atoms with van der Waals surface area (Å²) in [4.78, 5) is 27.6. The number of carbonyl (C=O) groups is 1. The minimum Gasteiger partial charge on any atom is -0.336 e. The van der Waals surface area contributed by atoms with Gasteiger partial charge in [0.05, 0.1) is 20.4 Å². The molecule has 11 heteroatoms. The molecule has 33 heavy (non-hydrogen) atoms. The third kappa shape index (κ3) is 5.19. The molecule has 0 unspecified atom stereocenters. The summed E-state index contributed by atoms with van der Waals surface area (Å²) in [6, 6.07) is 10.8. The van der Waals surface area contributed by atoms with Gasteiger partial charge in [-0.2, -0.15) is 4.31 Å². The minimum absolute atomic E-state index is 0.0553. The zero-order valence-corrected chi connectivity index (χ0v) is 19.6. The van der Waals surface area contributed by atoms with Crippen LogP contribution < -0.4 is 0 Å². The molecule has 0 spiro atoms. The molecule has 2 saturated heterocycles. The zero-order chi connectivity index (χ0) is 23.6. The summed E-state index contributed by atoms with van der Waals surface area (Å²) < 4.78 is 27.2. The fourth-order valence-corrected chi connectivity index (χ4v) is 5.95. The molecule has 2 aliphatic heterocycles. The lowest BCUT2D eigenvalue weighted by atomic mass is 10.1. The lowest BCUT2D eigenvalue weighted by Gasteiger charge is -2.35. The van der Waals surface area contributed by atoms with Crippen LogP contribution in [0.3, 0.4) is 0 Å². The molecule has 0 radical (unpaired) electrons. The van der Waals surface area contributed by atoms with Crippen LogP contribution in [0, 0.1) is 10.1 Å². The van der Waals surface area contributed by atoms with Gasteiger partial charge in [-0.05, 0) is 36.6 Å². The molecule has 2 aromatic carbocycles. The summed E-state index contributed by atoms with van der Waals surface area (Å²) in [5.74, 6) is -0.298. The molecular formula is C22H25ClN4O5S. The number of non-ortho nitro benzene ring substituents is 1. The normalized spacial score (nSPS) is 17.9. The maximum atomic E-state index is 13.1. The summed E-state index contributed by atoms with van der Waals surface area (Å²) in [6.45, 7) is 3.62. The summed E-state index contributed by atoms with van der Waals surface area (Å²) in [5.41, 5.74) is 1.08. The first-order valence-corrected chi connectivity index (χ1v) is 12.6. The molecule has 2 aromatic rings. The number of carbonyl (C=O) groups excluding carboxylic acids is 1. The number of piperazine rings is 1. The molecule has 2 heterocycles. The first kappa shape index (κ1) is 23.6. The van der Waals surface area contributed by atoms with Crippen molar-refractivity contribution in [2.24, 2.45) is 0 Å². The largest absolute Gasteiger partial charge is 0.336 e. The van der Waals surface area contributed by atoms with Crippen molar-refractivity contribution in [2.75, 3.05) is 39.3 Å². The van der Waals surface area contributed by atoms with Crippen molar-refractivity contribution in [3.8, 4) is 0 Å². The van der Waals surface area contributed by atoms with Gasteiger partial charge in [-0.1, -0.05) is 23.7 Å². The predicted octanol–water partition coefficient (Wildman–Crippen LogP) is 2.99. The van der Waals surface area contributed by atoms with E-state index in [1.807, 2.05) is 6.07 Å². The molecule has 0 aliphatic carbocycles. The van der Waals surface area contributed by atoms with Gasteiger partial charge in [0.25, 0.3) is 11.6 Å². The highest BCUT2D eigenvalue weighted by Gasteiger charge is 2.30. The Morgan fingerprint density at radius 3 is 2.36 bits per heavy atom. The lowest BCUT2D eigenvalue weighted by Crippen LogP contribution is -2.48. The van der Waals surface area contributed by atoms with E-state index in [1.54, 1.807) is 17.0 Å². The molecule has 9 nitrogen and oxygen atoms in total. The molecule has 0 saturated carbocycles. The van der Waals surface area contributed by atoms with E-state index >= 15 is 0 Å². The smallest absolute Gasteiger partial charge is 0.269 e. The van der Waals surface area contributed by atoms with Gasteiger partial charge in [0.2, 0.25) is 10.0 Å². The Morgan fingerprint density at radius 2 is 1.70 bits per heavy atom. The highest BCUT2D eigenvalue weighted by molar-refractivity contribution is 7.89. The third-order valence-electron chi connectivity index (χ3n) is 6.06. The van der Waals surface area contributed by atoms with Crippen LogP contribution in [0.15, 0.2) is 47.4 Å². The van der Waals surface area contributed by atoms with Crippen molar-refractivity contribution in [3.63, 3.8) is 0 Å². The van der Waals surface area contributed by atoms with Crippen LogP contribution >= 0.6 is 11.6 Å². The summed E-state index contributed by atoms with van der Waals surface area (Å²) in [7, 11) is -3.65. The molecule has 0 atom stereocenters. The lowest BCUT2D eigenvalue weighted by molar-refractivity contribution is -0.384. The van der Waals surface area contributed by atoms with Crippen molar-refractivity contribution in [3.05, 3.63) is 68.7 Å². The number of benzene rings is 2. The maximum Gasteiger partial charge on any atom is 0.269 e. The van der Waals surface area contributed by atoms with Crippen LogP contribution in [0.4, 0.5) is 5.69 Å². The molecule has 0 aromatic heterocycles. The number of hydrogen-bond acceptors (Lipinski definition) is 6. The van der Waals surface area contributed by atoms with E-state index in [0.717, 1.165) is 18.4 Å². The summed E-state index contributed by atoms with van der Waals surface area (Å²) >= 11 is 6.28. The third-order valence-corrected chi connectivity index (χ3v) is 8.28. The second-order valence-electron chi connectivity index (χ2n) is 8.25. The number of hydrogen-bond donors (Lipinski definition) is 0. The first-order valence-electron chi connectivity index (χ1n) is 10.8. The number of nitro benzene ring substituents is 1. The Balaban J connectivity index is 1.42. The fraction of sp³-hybridized carbons (Fsp3) is 0.409. The van der Waals surface area contributed by atoms with Crippen molar-refractivity contribution in [1.29, 1.82) is 0 Å². The van der Waals surface area contributed by atoms with Gasteiger partial charge in [-0.3, -0.25) is 19.8 Å². The Morgan fingerprint density at radius 1 is 1.00 bits per heavy atom. The van der Waals surface area contributed by atoms with Gasteiger partial charge >= 0.3 is 0 Å². The van der Waals surface area contributed by atoms with Crippen LogP contribution in [0.5, 0.6) is 0 Å². The highest BCUT2D eigenvalue weighted by atomic mass is 35.5. The van der Waals surface area contributed by atoms with E-state index < -0.39 is 14.9 Å². The molecule has 0 N–H and O–H groups in total. The molecule has 2 fully saturated rings. The molecule has 176 valence electrons. The Hall–Kier alpha value is -2.53. The van der Waals surface area contributed by atoms with Gasteiger partial charge in [-0.15, -0.1) is 0 Å². The monoisotopic (exact) mass is 492 g/mol. The van der Waals surface area contributed by atoms with Crippen LogP contribution in [0.2, 0.25) is 5.02 Å². The minimum atomic E-state index is -3.65. The quantitative estimate of drug-likeness (QED) is 0.453. The second-order valence-corrected chi connectivity index (χ2v) is 10.6. The van der Waals surface area contributed by atoms with Crippen LogP contribution in [-0.2, 0) is 16.6 Å². The van der Waals surface area contributed by atoms with Crippen LogP contribution in [0.1, 0.15) is 28.8 Å². The number of halogens is 1. The van der Waals surface area contributed by atoms with Crippen LogP contribution in [-0.4, -0.2) is 72.6 Å². The topological polar surface area (TPSA) is 104 Å². The van der Waals surface area contributed by atoms with Crippen LogP contribution in [0.25, 0.3) is 0 Å². The van der Waals surface area contributed by atoms with Crippen molar-refractivity contribution >= 4 is 33.2 Å². The fourth-order valence-electron chi connectivity index (χ4n) is 4.21. The molecule has 4 rings (SSSR count). The van der Waals surface area contributed by atoms with E-state index in [-0.39, 0.29) is 27.1 Å². The van der Waals surface area contributed by atoms with Gasteiger partial charge in [0, 0.05) is 57.9 Å². The molecule has 0 bridgehead atoms. The van der Waals surface area contributed by atoms with E-state index in [1.165, 1.54) is 28.6 Å². The summed E-state index contributed by atoms with van der Waals surface area (Å²) in [5, 5.41) is 11.2. The Labute approximate surface area is 197 Å². The number of nitro groups is 1. The average molecular weight is 493 g/mol. The van der Waals surface area contributed by atoms with Gasteiger partial charge in [0.1, 0.15) is 0 Å². The highest BCUT2D eigenvalue weighted by Crippen LogP contribution is 2.26. The first-order chi connectivity index (χ1) is 15.8. The van der Waals surface area contributed by atoms with Gasteiger partial charge in [-0.25, -0.2) is 8.42 Å². The predicted molar refractivity (Wildman–Crippen MR) is 124 cm³/mol. The summed E-state index contributed by atoms with van der Waals surface area (Å²) in [6.07, 6.45) is 1.67. The number of nitrogens with zero attached hydrogens (tertiary/aromatic N) is 4. The molecule has 2 aliphatic rings. The molecule has 1 amide bonds. The van der Waals surface area contributed by atoms with Crippen molar-refractivity contribution in [1.82, 2.24) is 14.1 Å². The number of rotatable bonds is 6. The number of sulfonamides is 1. The van der Waals surface area contributed by atoms with Gasteiger partial charge in [0.15, 0.2) is 0 Å². The number of amides is 1. The standard InChI is InChI=1S/C22H25ClN4O5S/c23-21-7-6-19(33(31,32)26-8-1-2-9-26)15-20(21)22(28)25-12-10-24(11-13-25)16-17-4-3-5-18(14-17)27(29)30/h3-7,14-15H,1-2,8-13,16H2. The van der Waals surface area contributed by atoms with E-state index in [9.17, 15) is 23.3 Å². The van der Waals surface area contributed by atoms with Crippen molar-refractivity contribution < 1.29 is 18.1 Å². The molecular weight excluding hydrogens is 468 g/mol. The zero-order valence-electron chi connectivity index (χ0n) is 18.0. The Bertz CT molecular complexity index is 1160. The van der Waals surface area contributed by atoms with E-state index in [2.05, 4.69) is 4.90 Å². The second kappa shape index (κ2) is 9.76. The van der Waals surface area contributed by atoms with E-state index in [4.69, 9.17) is 11.6 Å². The van der Waals surface area contributed by atoms with Gasteiger partial charge < -0.3 is 4.90 Å². The average Bonchev–Trinajstić information content (AvgIpc) is 3.35. The maximum absolute atomic E-state index is 13.1.